The second kappa shape index (κ2) is 10.7. The highest BCUT2D eigenvalue weighted by molar-refractivity contribution is 6.53. The highest BCUT2D eigenvalue weighted by atomic mass is 35.5. The largest absolute Gasteiger partial charge is 0.494 e. The first-order chi connectivity index (χ1) is 17.3. The summed E-state index contributed by atoms with van der Waals surface area (Å²) in [6.45, 7) is 6.60. The first-order valence-electron chi connectivity index (χ1n) is 11.6. The van der Waals surface area contributed by atoms with Crippen molar-refractivity contribution in [2.45, 2.75) is 26.7 Å². The summed E-state index contributed by atoms with van der Waals surface area (Å²) < 4.78 is 5.41. The van der Waals surface area contributed by atoms with Crippen molar-refractivity contribution < 1.29 is 19.1 Å². The fourth-order valence-electron chi connectivity index (χ4n) is 3.71. The highest BCUT2D eigenvalue weighted by Crippen LogP contribution is 2.31. The van der Waals surface area contributed by atoms with Gasteiger partial charge in [-0.05, 0) is 79.1 Å². The molecule has 0 aliphatic carbocycles. The van der Waals surface area contributed by atoms with Crippen LogP contribution in [0.5, 0.6) is 5.75 Å². The molecule has 36 heavy (non-hydrogen) atoms. The molecule has 0 saturated heterocycles. The number of rotatable bonds is 8. The Morgan fingerprint density at radius 2 is 1.50 bits per heavy atom. The topological polar surface area (TPSA) is 87.7 Å². The van der Waals surface area contributed by atoms with Crippen molar-refractivity contribution in [1.29, 1.82) is 0 Å². The molecule has 8 heteroatoms. The summed E-state index contributed by atoms with van der Waals surface area (Å²) in [6.07, 6.45) is 0. The minimum Gasteiger partial charge on any atom is -0.494 e. The van der Waals surface area contributed by atoms with Gasteiger partial charge in [-0.15, -0.1) is 0 Å². The van der Waals surface area contributed by atoms with E-state index in [0.717, 1.165) is 4.90 Å². The van der Waals surface area contributed by atoms with Crippen molar-refractivity contribution in [1.82, 2.24) is 0 Å². The van der Waals surface area contributed by atoms with Crippen LogP contribution < -0.4 is 20.3 Å². The number of nitrogens with zero attached hydrogens (tertiary/aromatic N) is 1. The van der Waals surface area contributed by atoms with Gasteiger partial charge in [-0.25, -0.2) is 4.90 Å². The van der Waals surface area contributed by atoms with Crippen LogP contribution in [0.15, 0.2) is 83.5 Å². The van der Waals surface area contributed by atoms with E-state index in [9.17, 15) is 14.4 Å². The SMILES string of the molecule is CCOc1ccc(N2C(=O)C(Cl)=C(Nc3ccc(C(=O)Nc4ccc(C(C)C)cc4)cc3)C2=O)cc1. The fraction of sp³-hybridized carbons (Fsp3) is 0.179. The summed E-state index contributed by atoms with van der Waals surface area (Å²) in [5.41, 5.74) is 3.20. The molecule has 0 radical (unpaired) electrons. The molecule has 0 fully saturated rings. The molecule has 3 amide bonds. The molecule has 1 heterocycles. The van der Waals surface area contributed by atoms with E-state index in [0.29, 0.717) is 40.9 Å². The third-order valence-electron chi connectivity index (χ3n) is 5.68. The van der Waals surface area contributed by atoms with Crippen LogP contribution in [0.25, 0.3) is 0 Å². The van der Waals surface area contributed by atoms with Crippen LogP contribution in [0.1, 0.15) is 42.6 Å². The standard InChI is InChI=1S/C28H26ClN3O4/c1-4-36-23-15-13-22(14-16-23)32-27(34)24(29)25(28(32)35)30-20-11-7-19(8-12-20)26(33)31-21-9-5-18(6-10-21)17(2)3/h5-17,30H,4H2,1-3H3,(H,31,33). The molecule has 0 unspecified atom stereocenters. The van der Waals surface area contributed by atoms with E-state index in [-0.39, 0.29) is 16.6 Å². The second-order valence-electron chi connectivity index (χ2n) is 8.49. The van der Waals surface area contributed by atoms with Gasteiger partial charge in [0, 0.05) is 16.9 Å². The Bertz CT molecular complexity index is 1310. The van der Waals surface area contributed by atoms with Crippen LogP contribution in [0.2, 0.25) is 0 Å². The zero-order valence-electron chi connectivity index (χ0n) is 20.2. The molecule has 3 aromatic carbocycles. The molecule has 0 aromatic heterocycles. The Kier molecular flexibility index (Phi) is 7.41. The van der Waals surface area contributed by atoms with Crippen molar-refractivity contribution in [2.24, 2.45) is 0 Å². The Morgan fingerprint density at radius 3 is 2.08 bits per heavy atom. The number of carbonyl (C=O) groups is 3. The number of nitrogens with one attached hydrogen (secondary N) is 2. The number of ether oxygens (including phenoxy) is 1. The maximum absolute atomic E-state index is 13.0. The molecule has 7 nitrogen and oxygen atoms in total. The molecular formula is C28H26ClN3O4. The average Bonchev–Trinajstić information content (AvgIpc) is 3.08. The van der Waals surface area contributed by atoms with Gasteiger partial charge in [0.15, 0.2) is 0 Å². The lowest BCUT2D eigenvalue weighted by Gasteiger charge is -2.15. The van der Waals surface area contributed by atoms with Crippen molar-refractivity contribution >= 4 is 46.4 Å². The smallest absolute Gasteiger partial charge is 0.283 e. The summed E-state index contributed by atoms with van der Waals surface area (Å²) in [6, 6.07) is 20.9. The molecule has 2 N–H and O–H groups in total. The quantitative estimate of drug-likeness (QED) is 0.374. The minimum absolute atomic E-state index is 0.0296. The van der Waals surface area contributed by atoms with E-state index in [2.05, 4.69) is 24.5 Å². The number of amides is 3. The predicted molar refractivity (Wildman–Crippen MR) is 142 cm³/mol. The molecular weight excluding hydrogens is 478 g/mol. The number of hydrogen-bond acceptors (Lipinski definition) is 5. The third-order valence-corrected chi connectivity index (χ3v) is 6.04. The van der Waals surface area contributed by atoms with Crippen LogP contribution in [0.3, 0.4) is 0 Å². The molecule has 4 rings (SSSR count). The lowest BCUT2D eigenvalue weighted by atomic mass is 10.0. The van der Waals surface area contributed by atoms with Gasteiger partial charge in [0.25, 0.3) is 17.7 Å². The number of benzene rings is 3. The van der Waals surface area contributed by atoms with Crippen molar-refractivity contribution in [3.8, 4) is 5.75 Å². The fourth-order valence-corrected chi connectivity index (χ4v) is 3.92. The van der Waals surface area contributed by atoms with Crippen molar-refractivity contribution in [3.05, 3.63) is 94.7 Å². The number of imide groups is 1. The molecule has 3 aromatic rings. The molecule has 0 saturated carbocycles. The first kappa shape index (κ1) is 25.0. The third kappa shape index (κ3) is 5.26. The summed E-state index contributed by atoms with van der Waals surface area (Å²) in [5, 5.41) is 5.57. The highest BCUT2D eigenvalue weighted by Gasteiger charge is 2.39. The van der Waals surface area contributed by atoms with Gasteiger partial charge < -0.3 is 15.4 Å². The van der Waals surface area contributed by atoms with E-state index in [1.165, 1.54) is 5.56 Å². The Morgan fingerprint density at radius 1 is 0.889 bits per heavy atom. The lowest BCUT2D eigenvalue weighted by molar-refractivity contribution is -0.120. The van der Waals surface area contributed by atoms with Crippen LogP contribution in [-0.2, 0) is 9.59 Å². The van der Waals surface area contributed by atoms with Gasteiger partial charge in [0.05, 0.1) is 12.3 Å². The number of halogens is 1. The molecule has 0 spiro atoms. The lowest BCUT2D eigenvalue weighted by Crippen LogP contribution is -2.32. The van der Waals surface area contributed by atoms with Crippen LogP contribution >= 0.6 is 11.6 Å². The molecule has 1 aliphatic heterocycles. The average molecular weight is 504 g/mol. The molecule has 0 atom stereocenters. The maximum atomic E-state index is 13.0. The number of hydrogen-bond donors (Lipinski definition) is 2. The molecule has 184 valence electrons. The van der Waals surface area contributed by atoms with Gasteiger partial charge in [-0.2, -0.15) is 0 Å². The van der Waals surface area contributed by atoms with E-state index >= 15 is 0 Å². The normalized spacial score (nSPS) is 13.4. The molecule has 1 aliphatic rings. The summed E-state index contributed by atoms with van der Waals surface area (Å²) >= 11 is 6.22. The minimum atomic E-state index is -0.618. The van der Waals surface area contributed by atoms with Crippen LogP contribution in [0, 0.1) is 0 Å². The van der Waals surface area contributed by atoms with Crippen LogP contribution in [0.4, 0.5) is 17.1 Å². The Balaban J connectivity index is 1.43. The number of carbonyl (C=O) groups excluding carboxylic acids is 3. The predicted octanol–water partition coefficient (Wildman–Crippen LogP) is 5.90. The zero-order valence-corrected chi connectivity index (χ0v) is 20.9. The summed E-state index contributed by atoms with van der Waals surface area (Å²) in [4.78, 5) is 39.3. The van der Waals surface area contributed by atoms with Crippen molar-refractivity contribution in [3.63, 3.8) is 0 Å². The summed E-state index contributed by atoms with van der Waals surface area (Å²) in [5.74, 6) is -0.401. The second-order valence-corrected chi connectivity index (χ2v) is 8.87. The van der Waals surface area contributed by atoms with E-state index in [4.69, 9.17) is 16.3 Å². The van der Waals surface area contributed by atoms with Gasteiger partial charge >= 0.3 is 0 Å². The Labute approximate surface area is 214 Å². The van der Waals surface area contributed by atoms with E-state index in [1.807, 2.05) is 31.2 Å². The van der Waals surface area contributed by atoms with Gasteiger partial charge in [-0.1, -0.05) is 37.6 Å². The van der Waals surface area contributed by atoms with Gasteiger partial charge in [0.1, 0.15) is 16.5 Å². The number of anilines is 3. The van der Waals surface area contributed by atoms with Crippen molar-refractivity contribution in [2.75, 3.05) is 22.1 Å². The Hall–Kier alpha value is -4.10. The summed E-state index contributed by atoms with van der Waals surface area (Å²) in [7, 11) is 0. The van der Waals surface area contributed by atoms with E-state index in [1.54, 1.807) is 48.5 Å². The zero-order chi connectivity index (χ0) is 25.8. The maximum Gasteiger partial charge on any atom is 0.283 e. The monoisotopic (exact) mass is 503 g/mol. The van der Waals surface area contributed by atoms with Gasteiger partial charge in [0.2, 0.25) is 0 Å². The van der Waals surface area contributed by atoms with E-state index < -0.39 is 11.8 Å². The van der Waals surface area contributed by atoms with Gasteiger partial charge in [-0.3, -0.25) is 14.4 Å². The van der Waals surface area contributed by atoms with Crippen LogP contribution in [-0.4, -0.2) is 24.3 Å². The molecule has 0 bridgehead atoms. The first-order valence-corrected chi connectivity index (χ1v) is 12.0.